The van der Waals surface area contributed by atoms with E-state index in [-0.39, 0.29) is 34.4 Å². The highest BCUT2D eigenvalue weighted by Crippen LogP contribution is 2.45. The molecule has 8 heteroatoms. The van der Waals surface area contributed by atoms with E-state index in [4.69, 9.17) is 13.6 Å². The average molecular weight is 631 g/mol. The number of allylic oxidation sites excluding steroid dienone is 1. The molecule has 1 fully saturated rings. The summed E-state index contributed by atoms with van der Waals surface area (Å²) in [7, 11) is -5.00. The Morgan fingerprint density at radius 2 is 1.51 bits per heavy atom. The van der Waals surface area contributed by atoms with Crippen LogP contribution in [0.15, 0.2) is 54.3 Å². The zero-order chi connectivity index (χ0) is 32.7. The van der Waals surface area contributed by atoms with Gasteiger partial charge in [-0.1, -0.05) is 71.4 Å². The van der Waals surface area contributed by atoms with Gasteiger partial charge in [0.1, 0.15) is 5.75 Å². The van der Waals surface area contributed by atoms with Crippen LogP contribution in [0.1, 0.15) is 79.2 Å². The molecular weight excluding hydrogens is 573 g/mol. The Kier molecular flexibility index (Phi) is 12.9. The fourth-order valence-corrected chi connectivity index (χ4v) is 7.46. The van der Waals surface area contributed by atoms with Crippen molar-refractivity contribution in [2.75, 3.05) is 6.61 Å². The quantitative estimate of drug-likeness (QED) is 0.0701. The predicted molar refractivity (Wildman–Crippen MR) is 181 cm³/mol. The summed E-state index contributed by atoms with van der Waals surface area (Å²) in [6.45, 7) is 23.5. The summed E-state index contributed by atoms with van der Waals surface area (Å²) in [5.41, 5.74) is 4.42. The van der Waals surface area contributed by atoms with Crippen LogP contribution < -0.4 is 4.74 Å². The Morgan fingerprint density at radius 3 is 2.02 bits per heavy atom. The highest BCUT2D eigenvalue weighted by molar-refractivity contribution is 6.75. The second-order valence-corrected chi connectivity index (χ2v) is 24.6. The van der Waals surface area contributed by atoms with Crippen LogP contribution in [0.25, 0.3) is 0 Å². The summed E-state index contributed by atoms with van der Waals surface area (Å²) in [4.78, 5) is 12.9. The number of carboxylic acid groups (broad SMARTS) is 1. The van der Waals surface area contributed by atoms with Crippen molar-refractivity contribution in [2.24, 2.45) is 11.8 Å². The summed E-state index contributed by atoms with van der Waals surface area (Å²) in [6.07, 6.45) is 10.9. The molecule has 0 aliphatic heterocycles. The molecule has 43 heavy (non-hydrogen) atoms. The number of rotatable bonds is 14. The third-order valence-corrected chi connectivity index (χ3v) is 18.5. The highest BCUT2D eigenvalue weighted by atomic mass is 28.4. The molecule has 2 N–H and O–H groups in total. The van der Waals surface area contributed by atoms with E-state index in [0.29, 0.717) is 13.0 Å². The van der Waals surface area contributed by atoms with Gasteiger partial charge in [0.15, 0.2) is 16.6 Å². The van der Waals surface area contributed by atoms with E-state index in [9.17, 15) is 15.0 Å². The van der Waals surface area contributed by atoms with Gasteiger partial charge in [0.25, 0.3) is 5.79 Å². The minimum Gasteiger partial charge on any atom is -0.493 e. The minimum atomic E-state index is -2.50. The van der Waals surface area contributed by atoms with E-state index in [1.54, 1.807) is 6.08 Å². The molecule has 2 rings (SSSR count). The molecule has 3 atom stereocenters. The number of hydrogen-bond acceptors (Lipinski definition) is 5. The molecule has 0 aromatic heterocycles. The summed E-state index contributed by atoms with van der Waals surface area (Å²) in [5, 5.41) is 20.9. The van der Waals surface area contributed by atoms with Gasteiger partial charge in [-0.2, -0.15) is 0 Å². The lowest BCUT2D eigenvalue weighted by Gasteiger charge is -2.48. The summed E-state index contributed by atoms with van der Waals surface area (Å²) < 4.78 is 19.0. The normalized spacial score (nSPS) is 20.2. The second-order valence-electron chi connectivity index (χ2n) is 15.1. The van der Waals surface area contributed by atoms with Crippen molar-refractivity contribution in [2.45, 2.75) is 129 Å². The van der Waals surface area contributed by atoms with E-state index >= 15 is 0 Å². The third-order valence-electron chi connectivity index (χ3n) is 9.57. The lowest BCUT2D eigenvalue weighted by molar-refractivity contribution is -0.191. The van der Waals surface area contributed by atoms with Crippen LogP contribution >= 0.6 is 0 Å². The molecule has 1 aliphatic rings. The van der Waals surface area contributed by atoms with Crippen molar-refractivity contribution >= 4 is 22.6 Å². The topological polar surface area (TPSA) is 85.2 Å². The Morgan fingerprint density at radius 1 is 0.953 bits per heavy atom. The Bertz CT molecular complexity index is 1110. The number of aryl methyl sites for hydroxylation is 1. The average Bonchev–Trinajstić information content (AvgIpc) is 3.21. The molecule has 0 heterocycles. The zero-order valence-corrected chi connectivity index (χ0v) is 30.6. The number of ether oxygens (including phenoxy) is 1. The maximum absolute atomic E-state index is 12.9. The Labute approximate surface area is 263 Å². The van der Waals surface area contributed by atoms with Gasteiger partial charge in [0.2, 0.25) is 0 Å². The van der Waals surface area contributed by atoms with Crippen molar-refractivity contribution in [3.8, 4) is 5.75 Å². The van der Waals surface area contributed by atoms with Crippen molar-refractivity contribution < 1.29 is 28.6 Å². The number of carboxylic acids is 1. The maximum Gasteiger partial charge on any atom is 0.362 e. The standard InChI is InChI=1S/C35H58O6Si2/c1-27-19-22-29(23-20-27)39-26-16-14-17-28-21-24-31(36)30(28)18-13-12-15-25-35(32(37)38,40-42(8,9)33(2,3)4)41-43(10,11)34(5,6)7/h13-15,17,19-20,22-23,28,30-31,36H,16,18,21,24-26H2,1-11H3,(H,37,38)/t12?,28-,30+,31-/m0/s1. The molecule has 0 bridgehead atoms. The Hall–Kier alpha value is -1.94. The first kappa shape index (κ1) is 37.3. The van der Waals surface area contributed by atoms with Crippen molar-refractivity contribution in [3.05, 3.63) is 59.9 Å². The monoisotopic (exact) mass is 630 g/mol. The van der Waals surface area contributed by atoms with Crippen molar-refractivity contribution in [1.29, 1.82) is 0 Å². The van der Waals surface area contributed by atoms with Gasteiger partial charge in [0, 0.05) is 6.42 Å². The zero-order valence-electron chi connectivity index (χ0n) is 28.6. The largest absolute Gasteiger partial charge is 0.493 e. The van der Waals surface area contributed by atoms with Crippen LogP contribution in [-0.2, 0) is 13.6 Å². The van der Waals surface area contributed by atoms with Gasteiger partial charge in [-0.05, 0) is 105 Å². The molecule has 0 spiro atoms. The molecule has 1 aromatic rings. The maximum atomic E-state index is 12.9. The number of benzene rings is 1. The molecular formula is C35H58O6Si2. The minimum absolute atomic E-state index is 0.0649. The molecule has 6 nitrogen and oxygen atoms in total. The summed E-state index contributed by atoms with van der Waals surface area (Å²) in [6, 6.07) is 8.06. The number of aliphatic hydroxyl groups excluding tert-OH is 1. The molecule has 0 unspecified atom stereocenters. The van der Waals surface area contributed by atoms with Gasteiger partial charge in [-0.3, -0.25) is 0 Å². The van der Waals surface area contributed by atoms with Gasteiger partial charge in [-0.15, -0.1) is 5.73 Å². The fraction of sp³-hybridized carbons (Fsp3) is 0.657. The van der Waals surface area contributed by atoms with Gasteiger partial charge < -0.3 is 23.8 Å². The number of carbonyl (C=O) groups is 1. The molecule has 1 saturated carbocycles. The van der Waals surface area contributed by atoms with Crippen LogP contribution in [0, 0.1) is 18.8 Å². The van der Waals surface area contributed by atoms with E-state index in [1.807, 2.05) is 30.3 Å². The van der Waals surface area contributed by atoms with Crippen LogP contribution in [0.4, 0.5) is 0 Å². The Balaban J connectivity index is 2.13. The smallest absolute Gasteiger partial charge is 0.362 e. The molecule has 0 saturated heterocycles. The summed E-state index contributed by atoms with van der Waals surface area (Å²) in [5.74, 6) is -1.60. The number of hydrogen-bond donors (Lipinski definition) is 2. The third kappa shape index (κ3) is 10.6. The molecule has 0 radical (unpaired) electrons. The highest BCUT2D eigenvalue weighted by Gasteiger charge is 2.54. The van der Waals surface area contributed by atoms with Crippen LogP contribution in [0.5, 0.6) is 5.75 Å². The van der Waals surface area contributed by atoms with Crippen molar-refractivity contribution in [3.63, 3.8) is 0 Å². The van der Waals surface area contributed by atoms with Gasteiger partial charge in [-0.25, -0.2) is 4.79 Å². The van der Waals surface area contributed by atoms with Gasteiger partial charge in [0.05, 0.1) is 12.7 Å². The van der Waals surface area contributed by atoms with Crippen molar-refractivity contribution in [1.82, 2.24) is 0 Å². The lowest BCUT2D eigenvalue weighted by atomic mass is 9.91. The van der Waals surface area contributed by atoms with Crippen LogP contribution in [0.3, 0.4) is 0 Å². The van der Waals surface area contributed by atoms with Crippen LogP contribution in [0.2, 0.25) is 36.3 Å². The van der Waals surface area contributed by atoms with E-state index in [1.165, 1.54) is 5.56 Å². The molecule has 242 valence electrons. The molecule has 0 amide bonds. The first-order valence-corrected chi connectivity index (χ1v) is 21.6. The number of aliphatic hydroxyl groups is 1. The number of aliphatic carboxylic acids is 1. The fourth-order valence-electron chi connectivity index (χ4n) is 4.69. The molecule has 1 aliphatic carbocycles. The SMILES string of the molecule is Cc1ccc(OCCC=C[C@H]2CC[C@H](O)[C@@H]2CC=C=CCC(O[Si](C)(C)C(C)(C)C)(O[Si](C)(C)C(C)(C)C)C(=O)O)cc1. The first-order chi connectivity index (χ1) is 19.7. The molecule has 1 aromatic carbocycles. The van der Waals surface area contributed by atoms with E-state index in [2.05, 4.69) is 92.5 Å². The second kappa shape index (κ2) is 14.9. The lowest BCUT2D eigenvalue weighted by Crippen LogP contribution is -2.60. The van der Waals surface area contributed by atoms with Crippen LogP contribution in [-0.4, -0.2) is 51.3 Å². The van der Waals surface area contributed by atoms with E-state index in [0.717, 1.165) is 25.0 Å². The predicted octanol–water partition coefficient (Wildman–Crippen LogP) is 9.02. The van der Waals surface area contributed by atoms with E-state index < -0.39 is 28.4 Å². The van der Waals surface area contributed by atoms with Gasteiger partial charge >= 0.3 is 5.97 Å². The first-order valence-electron chi connectivity index (χ1n) is 15.8. The summed E-state index contributed by atoms with van der Waals surface area (Å²) >= 11 is 0.